The number of aliphatic carboxylic acids is 1. The maximum Gasteiger partial charge on any atom is 0.490 e. The van der Waals surface area contributed by atoms with Gasteiger partial charge in [-0.1, -0.05) is 37.6 Å². The highest BCUT2D eigenvalue weighted by Gasteiger charge is 2.38. The monoisotopic (exact) mass is 517 g/mol. The lowest BCUT2D eigenvalue weighted by Crippen LogP contribution is -2.30. The summed E-state index contributed by atoms with van der Waals surface area (Å²) in [6, 6.07) is 7.72. The molecule has 3 aromatic rings. The van der Waals surface area contributed by atoms with Crippen molar-refractivity contribution in [2.45, 2.75) is 58.4 Å². The van der Waals surface area contributed by atoms with Crippen LogP contribution in [-0.2, 0) is 11.3 Å². The molecule has 10 nitrogen and oxygen atoms in total. The number of nitrogens with zero attached hydrogens (tertiary/aromatic N) is 5. The first kappa shape index (κ1) is 28.1. The average molecular weight is 518 g/mol. The van der Waals surface area contributed by atoms with Crippen LogP contribution >= 0.6 is 11.6 Å². The molecule has 0 saturated carbocycles. The van der Waals surface area contributed by atoms with E-state index >= 15 is 0 Å². The summed E-state index contributed by atoms with van der Waals surface area (Å²) >= 11 is 6.54. The molecule has 0 bridgehead atoms. The van der Waals surface area contributed by atoms with Gasteiger partial charge in [0.05, 0.1) is 17.8 Å². The van der Waals surface area contributed by atoms with E-state index in [4.69, 9.17) is 26.2 Å². The van der Waals surface area contributed by atoms with E-state index < -0.39 is 12.1 Å². The van der Waals surface area contributed by atoms with Crippen LogP contribution in [0.2, 0.25) is 5.02 Å². The van der Waals surface area contributed by atoms with Crippen LogP contribution in [0.25, 0.3) is 0 Å². The first-order valence-electron chi connectivity index (χ1n) is 10.7. The van der Waals surface area contributed by atoms with Crippen LogP contribution in [-0.4, -0.2) is 54.8 Å². The number of nitrogens with one attached hydrogen (secondary N) is 2. The van der Waals surface area contributed by atoms with Crippen molar-refractivity contribution in [1.82, 2.24) is 35.7 Å². The standard InChI is InChI=1S/C19H26ClN7O.C2HF3O2/c1-5-10-27-19(24-25-26-27)18(17-16(20)12(3)22-23-17)21-15(6-2)13-8-7-9-14(11-13)28-4;3-2(4,5)1(6)7/h7-9,11,15,18,21H,5-6,10H2,1-4H3,(H,22,23);(H,6,7)/t15-,18?;/m1./s1. The molecule has 2 heterocycles. The number of alkyl halides is 3. The third kappa shape index (κ3) is 7.39. The quantitative estimate of drug-likeness (QED) is 0.384. The zero-order chi connectivity index (χ0) is 26.2. The molecule has 0 aliphatic carbocycles. The Kier molecular flexibility index (Phi) is 10.0. The van der Waals surface area contributed by atoms with E-state index in [9.17, 15) is 13.2 Å². The Morgan fingerprint density at radius 2 is 2.03 bits per heavy atom. The van der Waals surface area contributed by atoms with E-state index in [0.717, 1.165) is 36.4 Å². The predicted octanol–water partition coefficient (Wildman–Crippen LogP) is 4.24. The summed E-state index contributed by atoms with van der Waals surface area (Å²) in [5, 5.41) is 31.1. The van der Waals surface area contributed by atoms with Crippen LogP contribution in [0.15, 0.2) is 24.3 Å². The molecule has 3 N–H and O–H groups in total. The van der Waals surface area contributed by atoms with Gasteiger partial charge >= 0.3 is 12.1 Å². The average Bonchev–Trinajstić information content (AvgIpc) is 3.41. The Bertz CT molecular complexity index is 1100. The summed E-state index contributed by atoms with van der Waals surface area (Å²) in [6.45, 7) is 6.83. The maximum absolute atomic E-state index is 10.6. The molecule has 0 amide bonds. The fourth-order valence-corrected chi connectivity index (χ4v) is 3.39. The maximum atomic E-state index is 10.6. The van der Waals surface area contributed by atoms with Gasteiger partial charge < -0.3 is 9.84 Å². The zero-order valence-electron chi connectivity index (χ0n) is 19.6. The van der Waals surface area contributed by atoms with Crippen LogP contribution < -0.4 is 10.1 Å². The molecular weight excluding hydrogens is 491 g/mol. The van der Waals surface area contributed by atoms with E-state index in [1.165, 1.54) is 0 Å². The normalized spacial score (nSPS) is 13.0. The van der Waals surface area contributed by atoms with Gasteiger partial charge in [-0.15, -0.1) is 5.10 Å². The first-order valence-corrected chi connectivity index (χ1v) is 11.1. The van der Waals surface area contributed by atoms with Crippen LogP contribution in [0.1, 0.15) is 61.5 Å². The van der Waals surface area contributed by atoms with Crippen molar-refractivity contribution in [3.05, 3.63) is 52.1 Å². The molecule has 0 spiro atoms. The number of tetrazole rings is 1. The highest BCUT2D eigenvalue weighted by Crippen LogP contribution is 2.31. The van der Waals surface area contributed by atoms with Gasteiger partial charge in [0.25, 0.3) is 0 Å². The summed E-state index contributed by atoms with van der Waals surface area (Å²) in [6.07, 6.45) is -3.30. The Labute approximate surface area is 204 Å². The highest BCUT2D eigenvalue weighted by atomic mass is 35.5. The van der Waals surface area contributed by atoms with Crippen LogP contribution in [0.5, 0.6) is 5.75 Å². The number of ether oxygens (including phenoxy) is 1. The van der Waals surface area contributed by atoms with Gasteiger partial charge in [0.2, 0.25) is 0 Å². The molecular formula is C21H27ClF3N7O3. The van der Waals surface area contributed by atoms with Crippen LogP contribution in [0.4, 0.5) is 13.2 Å². The van der Waals surface area contributed by atoms with Crippen molar-refractivity contribution in [2.75, 3.05) is 7.11 Å². The Morgan fingerprint density at radius 1 is 1.34 bits per heavy atom. The van der Waals surface area contributed by atoms with Gasteiger partial charge in [-0.05, 0) is 47.9 Å². The smallest absolute Gasteiger partial charge is 0.490 e. The van der Waals surface area contributed by atoms with Gasteiger partial charge in [-0.3, -0.25) is 10.4 Å². The number of carboxylic acids is 1. The molecule has 2 aromatic heterocycles. The van der Waals surface area contributed by atoms with E-state index in [1.54, 1.807) is 11.8 Å². The topological polar surface area (TPSA) is 131 Å². The number of rotatable bonds is 9. The second-order valence-electron chi connectivity index (χ2n) is 7.45. The van der Waals surface area contributed by atoms with Crippen molar-refractivity contribution >= 4 is 17.6 Å². The lowest BCUT2D eigenvalue weighted by molar-refractivity contribution is -0.192. The molecule has 14 heteroatoms. The van der Waals surface area contributed by atoms with Crippen molar-refractivity contribution in [1.29, 1.82) is 0 Å². The van der Waals surface area contributed by atoms with Gasteiger partial charge in [0, 0.05) is 12.6 Å². The molecule has 0 fully saturated rings. The fourth-order valence-electron chi connectivity index (χ4n) is 3.20. The molecule has 1 unspecified atom stereocenters. The van der Waals surface area contributed by atoms with Gasteiger partial charge in [-0.25, -0.2) is 9.48 Å². The number of aromatic nitrogens is 6. The number of hydrogen-bond donors (Lipinski definition) is 3. The van der Waals surface area contributed by atoms with Gasteiger partial charge in [0.15, 0.2) is 5.82 Å². The number of carboxylic acid groups (broad SMARTS) is 1. The van der Waals surface area contributed by atoms with Crippen LogP contribution in [0, 0.1) is 6.92 Å². The van der Waals surface area contributed by atoms with Crippen molar-refractivity contribution in [3.8, 4) is 5.75 Å². The molecule has 2 atom stereocenters. The molecule has 35 heavy (non-hydrogen) atoms. The lowest BCUT2D eigenvalue weighted by Gasteiger charge is -2.24. The minimum Gasteiger partial charge on any atom is -0.497 e. The first-order chi connectivity index (χ1) is 16.5. The van der Waals surface area contributed by atoms with Crippen LogP contribution in [0.3, 0.4) is 0 Å². The molecule has 3 rings (SSSR count). The largest absolute Gasteiger partial charge is 0.497 e. The van der Waals surface area contributed by atoms with Gasteiger partial charge in [0.1, 0.15) is 17.5 Å². The summed E-state index contributed by atoms with van der Waals surface area (Å²) in [5.41, 5.74) is 2.62. The van der Waals surface area contributed by atoms with E-state index in [1.807, 2.05) is 25.1 Å². The zero-order valence-corrected chi connectivity index (χ0v) is 20.4. The Hall–Kier alpha value is -3.19. The van der Waals surface area contributed by atoms with E-state index in [2.05, 4.69) is 51.0 Å². The third-order valence-corrected chi connectivity index (χ3v) is 5.42. The number of hydrogen-bond acceptors (Lipinski definition) is 7. The summed E-state index contributed by atoms with van der Waals surface area (Å²) in [5.74, 6) is -1.25. The Balaban J connectivity index is 0.000000540. The highest BCUT2D eigenvalue weighted by molar-refractivity contribution is 6.31. The molecule has 0 radical (unpaired) electrons. The summed E-state index contributed by atoms with van der Waals surface area (Å²) in [4.78, 5) is 8.90. The lowest BCUT2D eigenvalue weighted by atomic mass is 10.0. The number of aryl methyl sites for hydroxylation is 2. The van der Waals surface area contributed by atoms with Crippen molar-refractivity contribution in [3.63, 3.8) is 0 Å². The molecule has 192 valence electrons. The van der Waals surface area contributed by atoms with Crippen molar-refractivity contribution in [2.24, 2.45) is 0 Å². The number of benzene rings is 1. The number of H-pyrrole nitrogens is 1. The molecule has 0 aliphatic heterocycles. The fraction of sp³-hybridized carbons (Fsp3) is 0.476. The van der Waals surface area contributed by atoms with E-state index in [-0.39, 0.29) is 12.1 Å². The number of carbonyl (C=O) groups is 1. The van der Waals surface area contributed by atoms with Crippen molar-refractivity contribution < 1.29 is 27.8 Å². The minimum absolute atomic E-state index is 0.0416. The minimum atomic E-state index is -5.08. The summed E-state index contributed by atoms with van der Waals surface area (Å²) in [7, 11) is 1.67. The number of aromatic amines is 1. The summed E-state index contributed by atoms with van der Waals surface area (Å²) < 4.78 is 38.9. The predicted molar refractivity (Wildman–Crippen MR) is 121 cm³/mol. The molecule has 1 aromatic carbocycles. The second-order valence-corrected chi connectivity index (χ2v) is 7.83. The Morgan fingerprint density at radius 3 is 2.54 bits per heavy atom. The molecule has 0 saturated heterocycles. The second kappa shape index (κ2) is 12.5. The number of halogens is 4. The van der Waals surface area contributed by atoms with E-state index in [0.29, 0.717) is 16.5 Å². The van der Waals surface area contributed by atoms with Gasteiger partial charge in [-0.2, -0.15) is 18.3 Å². The SMILES string of the molecule is CCCn1nnnc1C(N[C@H](CC)c1cccc(OC)c1)c1n[nH]c(C)c1Cl.O=C(O)C(F)(F)F. The molecule has 0 aliphatic rings. The third-order valence-electron chi connectivity index (χ3n) is 4.94. The number of methoxy groups -OCH3 is 1.